The van der Waals surface area contributed by atoms with Gasteiger partial charge in [-0.05, 0) is 12.3 Å². The van der Waals surface area contributed by atoms with Gasteiger partial charge in [-0.15, -0.1) is 0 Å². The zero-order chi connectivity index (χ0) is 16.9. The second kappa shape index (κ2) is 7.75. The van der Waals surface area contributed by atoms with Crippen LogP contribution in [0.25, 0.3) is 0 Å². The van der Waals surface area contributed by atoms with Crippen LogP contribution in [0.3, 0.4) is 0 Å². The number of aliphatic hydroxyl groups excluding tert-OH is 4. The number of aliphatic hydroxyl groups is 4. The van der Waals surface area contributed by atoms with Gasteiger partial charge in [0.25, 0.3) is 5.76 Å². The Morgan fingerprint density at radius 3 is 2.32 bits per heavy atom. The number of rotatable bonds is 9. The van der Waals surface area contributed by atoms with Crippen LogP contribution in [0.1, 0.15) is 20.3 Å². The van der Waals surface area contributed by atoms with Gasteiger partial charge in [0.2, 0.25) is 11.4 Å². The molecular formula is C13H22O9. The predicted molar refractivity (Wildman–Crippen MR) is 71.2 cm³/mol. The largest absolute Gasteiger partial charge is 0.481 e. The van der Waals surface area contributed by atoms with Gasteiger partial charge in [0.05, 0.1) is 13.2 Å². The van der Waals surface area contributed by atoms with Crippen LogP contribution in [0, 0.1) is 5.92 Å². The molecule has 0 amide bonds. The molecule has 1 unspecified atom stereocenters. The highest BCUT2D eigenvalue weighted by atomic mass is 17.1. The topological polar surface area (TPSA) is 146 Å². The summed E-state index contributed by atoms with van der Waals surface area (Å²) in [6.07, 6.45) is -2.72. The quantitative estimate of drug-likeness (QED) is 0.200. The van der Waals surface area contributed by atoms with Crippen molar-refractivity contribution in [3.05, 3.63) is 11.5 Å². The maximum atomic E-state index is 11.9. The second-order valence-corrected chi connectivity index (χ2v) is 5.47. The first kappa shape index (κ1) is 18.7. The number of hydrogen-bond acceptors (Lipinski definition) is 9. The first-order valence-electron chi connectivity index (χ1n) is 6.82. The Morgan fingerprint density at radius 2 is 1.86 bits per heavy atom. The lowest BCUT2D eigenvalue weighted by Crippen LogP contribution is -2.48. The minimum absolute atomic E-state index is 0.0613. The zero-order valence-corrected chi connectivity index (χ0v) is 12.4. The van der Waals surface area contributed by atoms with E-state index in [0.717, 1.165) is 0 Å². The first-order chi connectivity index (χ1) is 10.3. The molecule has 0 fully saturated rings. The van der Waals surface area contributed by atoms with Crippen molar-refractivity contribution in [3.8, 4) is 0 Å². The van der Waals surface area contributed by atoms with Crippen LogP contribution < -0.4 is 0 Å². The predicted octanol–water partition coefficient (Wildman–Crippen LogP) is -1.25. The summed E-state index contributed by atoms with van der Waals surface area (Å²) in [5.41, 5.74) is -1.78. The molecule has 5 N–H and O–H groups in total. The number of esters is 1. The van der Waals surface area contributed by atoms with Crippen LogP contribution in [0.4, 0.5) is 0 Å². The lowest BCUT2D eigenvalue weighted by molar-refractivity contribution is -0.241. The summed E-state index contributed by atoms with van der Waals surface area (Å²) in [6.45, 7) is 1.79. The lowest BCUT2D eigenvalue weighted by atomic mass is 9.86. The molecule has 1 aliphatic rings. The highest BCUT2D eigenvalue weighted by molar-refractivity contribution is 5.90. The Morgan fingerprint density at radius 1 is 1.23 bits per heavy atom. The van der Waals surface area contributed by atoms with E-state index in [2.05, 4.69) is 4.89 Å². The van der Waals surface area contributed by atoms with Crippen LogP contribution in [0.2, 0.25) is 0 Å². The van der Waals surface area contributed by atoms with E-state index >= 15 is 0 Å². The fourth-order valence-electron chi connectivity index (χ4n) is 2.26. The van der Waals surface area contributed by atoms with Crippen molar-refractivity contribution in [3.63, 3.8) is 0 Å². The Bertz CT molecular complexity index is 420. The molecule has 0 saturated carbocycles. The van der Waals surface area contributed by atoms with Gasteiger partial charge in [0, 0.05) is 0 Å². The number of carbonyl (C=O) groups excluding carboxylic acids is 1. The summed E-state index contributed by atoms with van der Waals surface area (Å²) in [5.74, 6) is -2.09. The molecule has 0 aromatic carbocycles. The third-order valence-electron chi connectivity index (χ3n) is 3.20. The van der Waals surface area contributed by atoms with E-state index in [1.165, 1.54) is 0 Å². The molecule has 1 heterocycles. The highest BCUT2D eigenvalue weighted by Gasteiger charge is 2.56. The zero-order valence-electron chi connectivity index (χ0n) is 12.4. The third kappa shape index (κ3) is 3.68. The Kier molecular flexibility index (Phi) is 6.57. The molecule has 0 spiro atoms. The summed E-state index contributed by atoms with van der Waals surface area (Å²) in [6, 6.07) is 0. The molecule has 9 nitrogen and oxygen atoms in total. The van der Waals surface area contributed by atoms with E-state index in [9.17, 15) is 20.1 Å². The monoisotopic (exact) mass is 322 g/mol. The minimum Gasteiger partial charge on any atom is -0.481 e. The van der Waals surface area contributed by atoms with Gasteiger partial charge in [0.15, 0.2) is 0 Å². The van der Waals surface area contributed by atoms with Gasteiger partial charge in [-0.3, -0.25) is 0 Å². The van der Waals surface area contributed by atoms with Crippen LogP contribution >= 0.6 is 0 Å². The van der Waals surface area contributed by atoms with E-state index in [4.69, 9.17) is 19.8 Å². The minimum atomic E-state index is -1.78. The molecule has 0 aromatic rings. The van der Waals surface area contributed by atoms with E-state index in [1.807, 2.05) is 0 Å². The van der Waals surface area contributed by atoms with Crippen molar-refractivity contribution >= 4 is 5.97 Å². The number of carbonyl (C=O) groups is 1. The first-order valence-corrected chi connectivity index (χ1v) is 6.82. The smallest absolute Gasteiger partial charge is 0.378 e. The number of ether oxygens (including phenoxy) is 2. The summed E-state index contributed by atoms with van der Waals surface area (Å²) >= 11 is 0. The van der Waals surface area contributed by atoms with Crippen LogP contribution in [0.15, 0.2) is 11.5 Å². The molecule has 1 rings (SSSR count). The van der Waals surface area contributed by atoms with Crippen LogP contribution in [-0.4, -0.2) is 69.3 Å². The second-order valence-electron chi connectivity index (χ2n) is 5.47. The molecule has 128 valence electrons. The summed E-state index contributed by atoms with van der Waals surface area (Å²) in [7, 11) is 0. The van der Waals surface area contributed by atoms with Crippen molar-refractivity contribution in [1.82, 2.24) is 0 Å². The van der Waals surface area contributed by atoms with Crippen molar-refractivity contribution in [1.29, 1.82) is 0 Å². The highest BCUT2D eigenvalue weighted by Crippen LogP contribution is 2.41. The molecule has 0 bridgehead atoms. The van der Waals surface area contributed by atoms with Crippen molar-refractivity contribution in [2.24, 2.45) is 5.92 Å². The molecular weight excluding hydrogens is 300 g/mol. The fraction of sp³-hybridized carbons (Fsp3) is 0.769. The molecule has 0 radical (unpaired) electrons. The maximum absolute atomic E-state index is 11.9. The molecule has 1 aliphatic heterocycles. The molecule has 3 atom stereocenters. The summed E-state index contributed by atoms with van der Waals surface area (Å²) in [4.78, 5) is 16.1. The van der Waals surface area contributed by atoms with Crippen molar-refractivity contribution in [2.45, 2.75) is 38.1 Å². The van der Waals surface area contributed by atoms with Gasteiger partial charge < -0.3 is 34.8 Å². The normalized spacial score (nSPS) is 24.5. The SMILES string of the molecule is CC(C)C[C@]1([C@@H](O)CO)OC(=O)C(OCC(O)CO)=C1OO. The molecule has 22 heavy (non-hydrogen) atoms. The van der Waals surface area contributed by atoms with Crippen molar-refractivity contribution < 1.29 is 44.8 Å². The summed E-state index contributed by atoms with van der Waals surface area (Å²) < 4.78 is 10.1. The van der Waals surface area contributed by atoms with Crippen LogP contribution in [-0.2, 0) is 19.2 Å². The molecule has 9 heteroatoms. The molecule has 0 aromatic heterocycles. The Labute approximate surface area is 127 Å². The number of hydrogen-bond donors (Lipinski definition) is 5. The Hall–Kier alpha value is -1.39. The van der Waals surface area contributed by atoms with Gasteiger partial charge in [-0.2, -0.15) is 0 Å². The maximum Gasteiger partial charge on any atom is 0.378 e. The van der Waals surface area contributed by atoms with Gasteiger partial charge in [0.1, 0.15) is 18.8 Å². The van der Waals surface area contributed by atoms with E-state index in [-0.39, 0.29) is 12.3 Å². The fourth-order valence-corrected chi connectivity index (χ4v) is 2.26. The average molecular weight is 322 g/mol. The van der Waals surface area contributed by atoms with Crippen molar-refractivity contribution in [2.75, 3.05) is 19.8 Å². The summed E-state index contributed by atoms with van der Waals surface area (Å²) in [5, 5.41) is 46.3. The van der Waals surface area contributed by atoms with E-state index in [1.54, 1.807) is 13.8 Å². The van der Waals surface area contributed by atoms with Gasteiger partial charge in [-0.1, -0.05) is 13.8 Å². The van der Waals surface area contributed by atoms with E-state index in [0.29, 0.717) is 0 Å². The van der Waals surface area contributed by atoms with Gasteiger partial charge in [-0.25, -0.2) is 10.1 Å². The molecule has 0 aliphatic carbocycles. The van der Waals surface area contributed by atoms with Crippen LogP contribution in [0.5, 0.6) is 0 Å². The van der Waals surface area contributed by atoms with E-state index < -0.39 is 55.1 Å². The molecule has 0 saturated heterocycles. The standard InChI is InChI=1S/C13H22O9/c1-7(2)3-13(9(17)5-15)11(22-19)10(12(18)21-13)20-6-8(16)4-14/h7-9,14-17,19H,3-6H2,1-2H3/t8?,9-,13+/m0/s1. The lowest BCUT2D eigenvalue weighted by Gasteiger charge is -2.33. The number of cyclic esters (lactones) is 1. The average Bonchev–Trinajstić information content (AvgIpc) is 2.74. The Balaban J connectivity index is 3.17. The third-order valence-corrected chi connectivity index (χ3v) is 3.20. The van der Waals surface area contributed by atoms with Gasteiger partial charge >= 0.3 is 5.97 Å².